The first-order valence-electron chi connectivity index (χ1n) is 9.86. The number of aromatic nitrogens is 2. The van der Waals surface area contributed by atoms with Gasteiger partial charge in [0, 0.05) is 31.0 Å². The van der Waals surface area contributed by atoms with E-state index < -0.39 is 0 Å². The molecule has 2 aromatic heterocycles. The Bertz CT molecular complexity index is 901. The van der Waals surface area contributed by atoms with Crippen LogP contribution >= 0.6 is 0 Å². The highest BCUT2D eigenvalue weighted by Gasteiger charge is 2.43. The maximum atomic E-state index is 11.9. The Labute approximate surface area is 164 Å². The van der Waals surface area contributed by atoms with Crippen LogP contribution in [-0.4, -0.2) is 41.2 Å². The van der Waals surface area contributed by atoms with Crippen LogP contribution in [0.5, 0.6) is 11.6 Å². The molecule has 1 amide bonds. The fourth-order valence-corrected chi connectivity index (χ4v) is 4.81. The second kappa shape index (κ2) is 6.65. The summed E-state index contributed by atoms with van der Waals surface area (Å²) >= 11 is 0. The zero-order chi connectivity index (χ0) is 19.3. The summed E-state index contributed by atoms with van der Waals surface area (Å²) in [5, 5.41) is 2.87. The second-order valence-electron chi connectivity index (χ2n) is 7.85. The minimum absolute atomic E-state index is 0.0136. The SMILES string of the molecule is COc1ccc(O[C@H]2C[C@H]3CC[C@@H](C2)N3c2nc3c(cc2C)C(=O)NC3)cn1. The van der Waals surface area contributed by atoms with Crippen molar-refractivity contribution in [2.45, 2.75) is 57.3 Å². The Morgan fingerprint density at radius 1 is 1.21 bits per heavy atom. The predicted molar refractivity (Wildman–Crippen MR) is 104 cm³/mol. The monoisotopic (exact) mass is 380 g/mol. The normalized spacial score (nSPS) is 25.4. The molecular weight excluding hydrogens is 356 g/mol. The molecule has 0 spiro atoms. The molecule has 7 heteroatoms. The summed E-state index contributed by atoms with van der Waals surface area (Å²) < 4.78 is 11.3. The van der Waals surface area contributed by atoms with Crippen molar-refractivity contribution in [1.29, 1.82) is 0 Å². The van der Waals surface area contributed by atoms with Gasteiger partial charge in [0.1, 0.15) is 17.7 Å². The van der Waals surface area contributed by atoms with E-state index in [4.69, 9.17) is 14.5 Å². The van der Waals surface area contributed by atoms with Gasteiger partial charge in [0.2, 0.25) is 5.88 Å². The van der Waals surface area contributed by atoms with E-state index in [0.29, 0.717) is 24.5 Å². The number of carbonyl (C=O) groups is 1. The van der Waals surface area contributed by atoms with Gasteiger partial charge in [-0.2, -0.15) is 0 Å². The van der Waals surface area contributed by atoms with Crippen molar-refractivity contribution in [2.24, 2.45) is 0 Å². The highest BCUT2D eigenvalue weighted by molar-refractivity contribution is 5.98. The number of anilines is 1. The molecule has 3 atom stereocenters. The van der Waals surface area contributed by atoms with E-state index in [2.05, 4.69) is 22.1 Å². The maximum absolute atomic E-state index is 11.9. The summed E-state index contributed by atoms with van der Waals surface area (Å²) in [6.07, 6.45) is 6.16. The highest BCUT2D eigenvalue weighted by Crippen LogP contribution is 2.41. The summed E-state index contributed by atoms with van der Waals surface area (Å²) in [6, 6.07) is 6.57. The van der Waals surface area contributed by atoms with Gasteiger partial charge in [0.15, 0.2) is 0 Å². The molecule has 0 saturated carbocycles. The molecule has 2 bridgehead atoms. The number of nitrogens with one attached hydrogen (secondary N) is 1. The number of fused-ring (bicyclic) bond motifs is 3. The van der Waals surface area contributed by atoms with E-state index in [1.807, 2.05) is 18.2 Å². The predicted octanol–water partition coefficient (Wildman–Crippen LogP) is 2.62. The van der Waals surface area contributed by atoms with Gasteiger partial charge in [-0.3, -0.25) is 4.79 Å². The standard InChI is InChI=1S/C21H24N4O3/c1-12-7-17-18(11-23-21(17)26)24-20(12)25-13-3-4-14(25)9-16(8-13)28-15-5-6-19(27-2)22-10-15/h5-7,10,13-14,16H,3-4,8-9,11H2,1-2H3,(H,23,26)/t13-,14+,16+. The van der Waals surface area contributed by atoms with Gasteiger partial charge < -0.3 is 19.7 Å². The van der Waals surface area contributed by atoms with Crippen molar-refractivity contribution in [3.63, 3.8) is 0 Å². The highest BCUT2D eigenvalue weighted by atomic mass is 16.5. The van der Waals surface area contributed by atoms with Crippen LogP contribution in [0.4, 0.5) is 5.82 Å². The van der Waals surface area contributed by atoms with Crippen LogP contribution in [0.3, 0.4) is 0 Å². The molecule has 7 nitrogen and oxygen atoms in total. The van der Waals surface area contributed by atoms with Crippen LogP contribution in [0.15, 0.2) is 24.4 Å². The molecular formula is C21H24N4O3. The van der Waals surface area contributed by atoms with Gasteiger partial charge in [0.25, 0.3) is 5.91 Å². The molecule has 0 radical (unpaired) electrons. The Kier molecular flexibility index (Phi) is 4.10. The van der Waals surface area contributed by atoms with E-state index in [1.54, 1.807) is 13.3 Å². The van der Waals surface area contributed by atoms with Crippen molar-refractivity contribution in [1.82, 2.24) is 15.3 Å². The number of pyridine rings is 2. The quantitative estimate of drug-likeness (QED) is 0.879. The van der Waals surface area contributed by atoms with E-state index >= 15 is 0 Å². The van der Waals surface area contributed by atoms with Crippen molar-refractivity contribution in [3.8, 4) is 11.6 Å². The third kappa shape index (κ3) is 2.85. The zero-order valence-corrected chi connectivity index (χ0v) is 16.1. The fraction of sp³-hybridized carbons (Fsp3) is 0.476. The van der Waals surface area contributed by atoms with Gasteiger partial charge in [-0.1, -0.05) is 0 Å². The van der Waals surface area contributed by atoms with Crippen LogP contribution in [0, 0.1) is 6.92 Å². The Morgan fingerprint density at radius 2 is 2.00 bits per heavy atom. The lowest BCUT2D eigenvalue weighted by atomic mass is 9.98. The van der Waals surface area contributed by atoms with Gasteiger partial charge in [0.05, 0.1) is 31.1 Å². The average Bonchev–Trinajstić information content (AvgIpc) is 3.18. The topological polar surface area (TPSA) is 76.6 Å². The number of piperidine rings is 1. The molecule has 28 heavy (non-hydrogen) atoms. The average molecular weight is 380 g/mol. The number of hydrogen-bond acceptors (Lipinski definition) is 6. The summed E-state index contributed by atoms with van der Waals surface area (Å²) in [4.78, 5) is 23.5. The molecule has 146 valence electrons. The van der Waals surface area contributed by atoms with Gasteiger partial charge in [-0.05, 0) is 37.5 Å². The number of hydrogen-bond donors (Lipinski definition) is 1. The van der Waals surface area contributed by atoms with E-state index in [-0.39, 0.29) is 12.0 Å². The van der Waals surface area contributed by atoms with Crippen molar-refractivity contribution >= 4 is 11.7 Å². The van der Waals surface area contributed by atoms with Crippen molar-refractivity contribution < 1.29 is 14.3 Å². The summed E-state index contributed by atoms with van der Waals surface area (Å²) in [6.45, 7) is 2.58. The number of amides is 1. The molecule has 0 aromatic carbocycles. The molecule has 3 aliphatic rings. The molecule has 2 saturated heterocycles. The molecule has 2 aromatic rings. The summed E-state index contributed by atoms with van der Waals surface area (Å²) in [5.41, 5.74) is 2.66. The lowest BCUT2D eigenvalue weighted by Gasteiger charge is -2.40. The van der Waals surface area contributed by atoms with Gasteiger partial charge in [-0.15, -0.1) is 0 Å². The first kappa shape index (κ1) is 17.3. The molecule has 1 N–H and O–H groups in total. The fourth-order valence-electron chi connectivity index (χ4n) is 4.81. The molecule has 5 heterocycles. The number of methoxy groups -OCH3 is 1. The van der Waals surface area contributed by atoms with E-state index in [1.165, 1.54) is 0 Å². The lowest BCUT2D eigenvalue weighted by Crippen LogP contribution is -2.47. The minimum Gasteiger partial charge on any atom is -0.489 e. The molecule has 2 fully saturated rings. The first-order chi connectivity index (χ1) is 13.6. The number of carbonyl (C=O) groups excluding carboxylic acids is 1. The smallest absolute Gasteiger partial charge is 0.253 e. The molecule has 3 aliphatic heterocycles. The molecule has 0 unspecified atom stereocenters. The summed E-state index contributed by atoms with van der Waals surface area (Å²) in [7, 11) is 1.61. The summed E-state index contributed by atoms with van der Waals surface area (Å²) in [5.74, 6) is 2.40. The second-order valence-corrected chi connectivity index (χ2v) is 7.85. The van der Waals surface area contributed by atoms with E-state index in [9.17, 15) is 4.79 Å². The first-order valence-corrected chi connectivity index (χ1v) is 9.86. The van der Waals surface area contributed by atoms with Crippen molar-refractivity contribution in [3.05, 3.63) is 41.2 Å². The Morgan fingerprint density at radius 3 is 2.68 bits per heavy atom. The zero-order valence-electron chi connectivity index (χ0n) is 16.1. The van der Waals surface area contributed by atoms with Crippen LogP contribution in [0.1, 0.15) is 47.3 Å². The van der Waals surface area contributed by atoms with E-state index in [0.717, 1.165) is 54.1 Å². The number of nitrogens with zero attached hydrogens (tertiary/aromatic N) is 3. The van der Waals surface area contributed by atoms with Crippen LogP contribution < -0.4 is 19.7 Å². The lowest BCUT2D eigenvalue weighted by molar-refractivity contribution is 0.0965. The minimum atomic E-state index is -0.0136. The van der Waals surface area contributed by atoms with Crippen LogP contribution in [0.25, 0.3) is 0 Å². The number of aryl methyl sites for hydroxylation is 1. The Balaban J connectivity index is 1.34. The third-order valence-electron chi connectivity index (χ3n) is 6.08. The molecule has 5 rings (SSSR count). The third-order valence-corrected chi connectivity index (χ3v) is 6.08. The van der Waals surface area contributed by atoms with Crippen molar-refractivity contribution in [2.75, 3.05) is 12.0 Å². The van der Waals surface area contributed by atoms with Gasteiger partial charge in [-0.25, -0.2) is 9.97 Å². The van der Waals surface area contributed by atoms with Gasteiger partial charge >= 0.3 is 0 Å². The molecule has 0 aliphatic carbocycles. The number of ether oxygens (including phenoxy) is 2. The van der Waals surface area contributed by atoms with Crippen LogP contribution in [0.2, 0.25) is 0 Å². The number of rotatable bonds is 4. The Hall–Kier alpha value is -2.83. The maximum Gasteiger partial charge on any atom is 0.253 e. The largest absolute Gasteiger partial charge is 0.489 e. The van der Waals surface area contributed by atoms with Crippen LogP contribution in [-0.2, 0) is 6.54 Å².